The van der Waals surface area contributed by atoms with Crippen LogP contribution in [0.1, 0.15) is 13.8 Å². The predicted molar refractivity (Wildman–Crippen MR) is 43.6 cm³/mol. The zero-order valence-corrected chi connectivity index (χ0v) is 7.79. The van der Waals surface area contributed by atoms with Gasteiger partial charge in [-0.1, -0.05) is 0 Å². The molecule has 0 aromatic carbocycles. The predicted octanol–water partition coefficient (Wildman–Crippen LogP) is 0.228. The van der Waals surface area contributed by atoms with Gasteiger partial charge in [-0.3, -0.25) is 4.79 Å². The molecule has 0 unspecified atom stereocenters. The summed E-state index contributed by atoms with van der Waals surface area (Å²) < 4.78 is 9.95. The number of carbonyl (C=O) groups excluding carboxylic acids is 1. The molecule has 0 bridgehead atoms. The summed E-state index contributed by atoms with van der Waals surface area (Å²) in [5.41, 5.74) is -0.185. The van der Waals surface area contributed by atoms with Crippen LogP contribution in [0, 0.1) is 0 Å². The van der Waals surface area contributed by atoms with Gasteiger partial charge >= 0.3 is 0 Å². The molecule has 0 N–H and O–H groups in total. The number of rotatable bonds is 2. The highest BCUT2D eigenvalue weighted by atomic mass is 16.5. The average molecular weight is 173 g/mol. The van der Waals surface area contributed by atoms with E-state index in [1.165, 1.54) is 7.11 Å². The highest BCUT2D eigenvalue weighted by Crippen LogP contribution is 2.21. The molecule has 12 heavy (non-hydrogen) atoms. The van der Waals surface area contributed by atoms with E-state index in [1.54, 1.807) is 4.90 Å². The molecule has 70 valence electrons. The van der Waals surface area contributed by atoms with Crippen molar-refractivity contribution in [2.45, 2.75) is 19.4 Å². The first-order valence-corrected chi connectivity index (χ1v) is 3.95. The lowest BCUT2D eigenvalue weighted by Gasteiger charge is -2.28. The van der Waals surface area contributed by atoms with Crippen molar-refractivity contribution < 1.29 is 14.3 Å². The molecule has 0 radical (unpaired) electrons. The minimum Gasteiger partial charge on any atom is -0.375 e. The van der Waals surface area contributed by atoms with Gasteiger partial charge in [0.05, 0.1) is 12.1 Å². The van der Waals surface area contributed by atoms with Crippen LogP contribution >= 0.6 is 0 Å². The van der Waals surface area contributed by atoms with E-state index in [1.807, 2.05) is 13.8 Å². The lowest BCUT2D eigenvalue weighted by Crippen LogP contribution is -2.45. The van der Waals surface area contributed by atoms with E-state index in [9.17, 15) is 4.79 Å². The summed E-state index contributed by atoms with van der Waals surface area (Å²) in [6.45, 7) is 5.07. The van der Waals surface area contributed by atoms with E-state index >= 15 is 0 Å². The van der Waals surface area contributed by atoms with E-state index < -0.39 is 0 Å². The van der Waals surface area contributed by atoms with Crippen LogP contribution < -0.4 is 0 Å². The van der Waals surface area contributed by atoms with Crippen molar-refractivity contribution in [2.24, 2.45) is 0 Å². The van der Waals surface area contributed by atoms with Crippen molar-refractivity contribution in [3.8, 4) is 0 Å². The molecule has 0 aromatic heterocycles. The SMILES string of the molecule is COCC(=O)N1COCC1(C)C. The second-order valence-electron chi connectivity index (χ2n) is 3.54. The van der Waals surface area contributed by atoms with Crippen molar-refractivity contribution in [3.05, 3.63) is 0 Å². The number of hydrogen-bond acceptors (Lipinski definition) is 3. The Bertz CT molecular complexity index is 179. The smallest absolute Gasteiger partial charge is 0.250 e. The van der Waals surface area contributed by atoms with E-state index in [2.05, 4.69) is 0 Å². The van der Waals surface area contributed by atoms with E-state index in [4.69, 9.17) is 9.47 Å². The minimum atomic E-state index is -0.185. The van der Waals surface area contributed by atoms with Crippen LogP contribution in [0.4, 0.5) is 0 Å². The Hall–Kier alpha value is -0.610. The van der Waals surface area contributed by atoms with Crippen LogP contribution in [0.25, 0.3) is 0 Å². The maximum Gasteiger partial charge on any atom is 0.250 e. The maximum atomic E-state index is 11.4. The van der Waals surface area contributed by atoms with Crippen molar-refractivity contribution >= 4 is 5.91 Å². The minimum absolute atomic E-state index is 0.0139. The van der Waals surface area contributed by atoms with Crippen molar-refractivity contribution in [2.75, 3.05) is 27.1 Å². The van der Waals surface area contributed by atoms with Gasteiger partial charge in [0.2, 0.25) is 0 Å². The first-order chi connectivity index (χ1) is 5.58. The molecule has 1 saturated heterocycles. The summed E-state index contributed by atoms with van der Waals surface area (Å²) in [5.74, 6) is -0.0139. The fourth-order valence-corrected chi connectivity index (χ4v) is 1.25. The van der Waals surface area contributed by atoms with Crippen LogP contribution in [0.2, 0.25) is 0 Å². The molecule has 4 nitrogen and oxygen atoms in total. The monoisotopic (exact) mass is 173 g/mol. The molecule has 1 heterocycles. The van der Waals surface area contributed by atoms with Gasteiger partial charge in [-0.05, 0) is 13.8 Å². The van der Waals surface area contributed by atoms with Gasteiger partial charge in [0.1, 0.15) is 13.3 Å². The summed E-state index contributed by atoms with van der Waals surface area (Å²) >= 11 is 0. The van der Waals surface area contributed by atoms with E-state index in [0.717, 1.165) is 0 Å². The molecule has 1 rings (SSSR count). The average Bonchev–Trinajstić information content (AvgIpc) is 2.30. The van der Waals surface area contributed by atoms with Crippen LogP contribution in [0.3, 0.4) is 0 Å². The van der Waals surface area contributed by atoms with Crippen molar-refractivity contribution in [1.82, 2.24) is 4.90 Å². The van der Waals surface area contributed by atoms with Crippen molar-refractivity contribution in [3.63, 3.8) is 0 Å². The highest BCUT2D eigenvalue weighted by molar-refractivity contribution is 5.78. The van der Waals surface area contributed by atoms with E-state index in [0.29, 0.717) is 13.3 Å². The molecule has 1 aliphatic rings. The summed E-state index contributed by atoms with van der Waals surface area (Å²) in [4.78, 5) is 13.1. The number of ether oxygens (including phenoxy) is 2. The largest absolute Gasteiger partial charge is 0.375 e. The number of nitrogens with zero attached hydrogens (tertiary/aromatic N) is 1. The number of methoxy groups -OCH3 is 1. The summed E-state index contributed by atoms with van der Waals surface area (Å²) in [6.07, 6.45) is 0. The fourth-order valence-electron chi connectivity index (χ4n) is 1.25. The van der Waals surface area contributed by atoms with Gasteiger partial charge in [0.25, 0.3) is 5.91 Å². The molecule has 0 aromatic rings. The molecule has 0 aliphatic carbocycles. The zero-order chi connectivity index (χ0) is 9.19. The second-order valence-corrected chi connectivity index (χ2v) is 3.54. The molecule has 1 aliphatic heterocycles. The third-order valence-electron chi connectivity index (χ3n) is 1.98. The molecular weight excluding hydrogens is 158 g/mol. The number of carbonyl (C=O) groups is 1. The van der Waals surface area contributed by atoms with Gasteiger partial charge in [-0.25, -0.2) is 0 Å². The van der Waals surface area contributed by atoms with Gasteiger partial charge in [0.15, 0.2) is 0 Å². The third-order valence-corrected chi connectivity index (χ3v) is 1.98. The Balaban J connectivity index is 2.56. The third kappa shape index (κ3) is 1.76. The Morgan fingerprint density at radius 1 is 1.67 bits per heavy atom. The topological polar surface area (TPSA) is 38.8 Å². The molecule has 0 spiro atoms. The Labute approximate surface area is 72.4 Å². The summed E-state index contributed by atoms with van der Waals surface area (Å²) in [5, 5.41) is 0. The molecule has 0 atom stereocenters. The van der Waals surface area contributed by atoms with Gasteiger partial charge < -0.3 is 14.4 Å². The summed E-state index contributed by atoms with van der Waals surface area (Å²) in [6, 6.07) is 0. The quantitative estimate of drug-likeness (QED) is 0.600. The lowest BCUT2D eigenvalue weighted by molar-refractivity contribution is -0.139. The van der Waals surface area contributed by atoms with E-state index in [-0.39, 0.29) is 18.1 Å². The Morgan fingerprint density at radius 2 is 2.33 bits per heavy atom. The normalized spacial score (nSPS) is 21.4. The standard InChI is InChI=1S/C8H15NO3/c1-8(2)5-12-6-9(8)7(10)4-11-3/h4-6H2,1-3H3. The Kier molecular flexibility index (Phi) is 2.69. The lowest BCUT2D eigenvalue weighted by atomic mass is 10.1. The first kappa shape index (κ1) is 9.48. The van der Waals surface area contributed by atoms with Crippen molar-refractivity contribution in [1.29, 1.82) is 0 Å². The first-order valence-electron chi connectivity index (χ1n) is 3.95. The molecule has 0 saturated carbocycles. The van der Waals surface area contributed by atoms with Gasteiger partial charge in [-0.2, -0.15) is 0 Å². The maximum absolute atomic E-state index is 11.4. The van der Waals surface area contributed by atoms with Crippen LogP contribution in [0.15, 0.2) is 0 Å². The van der Waals surface area contributed by atoms with Gasteiger partial charge in [0, 0.05) is 7.11 Å². The second kappa shape index (κ2) is 3.41. The molecule has 4 heteroatoms. The summed E-state index contributed by atoms with van der Waals surface area (Å²) in [7, 11) is 1.52. The zero-order valence-electron chi connectivity index (χ0n) is 7.79. The molecule has 1 fully saturated rings. The molecular formula is C8H15NO3. The van der Waals surface area contributed by atoms with Crippen LogP contribution in [-0.4, -0.2) is 43.4 Å². The highest BCUT2D eigenvalue weighted by Gasteiger charge is 2.36. The number of amides is 1. The number of hydrogen-bond donors (Lipinski definition) is 0. The molecule has 1 amide bonds. The van der Waals surface area contributed by atoms with Gasteiger partial charge in [-0.15, -0.1) is 0 Å². The fraction of sp³-hybridized carbons (Fsp3) is 0.875. The van der Waals surface area contributed by atoms with Crippen LogP contribution in [-0.2, 0) is 14.3 Å². The Morgan fingerprint density at radius 3 is 2.75 bits per heavy atom. The van der Waals surface area contributed by atoms with Crippen LogP contribution in [0.5, 0.6) is 0 Å².